The fourth-order valence-corrected chi connectivity index (χ4v) is 1.08. The highest BCUT2D eigenvalue weighted by Gasteiger charge is 2.06. The molecule has 0 unspecified atom stereocenters. The van der Waals surface area contributed by atoms with Crippen molar-refractivity contribution in [3.05, 3.63) is 35.4 Å². The molecule has 0 N–H and O–H groups in total. The third kappa shape index (κ3) is 4.38. The van der Waals surface area contributed by atoms with Crippen LogP contribution in [-0.4, -0.2) is 12.8 Å². The van der Waals surface area contributed by atoms with Crippen molar-refractivity contribution in [2.24, 2.45) is 5.16 Å². The molecular weight excluding hydrogens is 212 g/mol. The van der Waals surface area contributed by atoms with Gasteiger partial charge in [-0.25, -0.2) is 8.78 Å². The molecule has 1 radical (unpaired) electrons. The number of halogens is 2. The van der Waals surface area contributed by atoms with E-state index in [1.807, 2.05) is 6.92 Å². The maximum atomic E-state index is 12.3. The van der Waals surface area contributed by atoms with E-state index in [0.717, 1.165) is 12.8 Å². The molecule has 0 heterocycles. The lowest BCUT2D eigenvalue weighted by atomic mass is 10.1. The van der Waals surface area contributed by atoms with Gasteiger partial charge in [0.25, 0.3) is 6.43 Å². The highest BCUT2D eigenvalue weighted by Crippen LogP contribution is 2.18. The lowest BCUT2D eigenvalue weighted by Gasteiger charge is -1.99. The molecule has 0 aliphatic carbocycles. The lowest BCUT2D eigenvalue weighted by molar-refractivity contribution is 0.142. The Balaban J connectivity index is 2.50. The van der Waals surface area contributed by atoms with Gasteiger partial charge in [0.2, 0.25) is 0 Å². The van der Waals surface area contributed by atoms with Crippen molar-refractivity contribution < 1.29 is 13.6 Å². The molecule has 2 nitrogen and oxygen atoms in total. The van der Waals surface area contributed by atoms with Crippen LogP contribution in [0.5, 0.6) is 0 Å². The van der Waals surface area contributed by atoms with Gasteiger partial charge < -0.3 is 4.84 Å². The van der Waals surface area contributed by atoms with E-state index >= 15 is 0 Å². The van der Waals surface area contributed by atoms with Gasteiger partial charge >= 0.3 is 0 Å². The van der Waals surface area contributed by atoms with Crippen molar-refractivity contribution in [1.82, 2.24) is 0 Å². The summed E-state index contributed by atoms with van der Waals surface area (Å²) in [5, 5.41) is 3.58. The monoisotopic (exact) mass is 226 g/mol. The number of benzene rings is 1. The Hall–Kier alpha value is -1.45. The third-order valence-corrected chi connectivity index (χ3v) is 1.97. The Morgan fingerprint density at radius 2 is 2.25 bits per heavy atom. The summed E-state index contributed by atoms with van der Waals surface area (Å²) in [6, 6.07) is 5.91. The van der Waals surface area contributed by atoms with Crippen molar-refractivity contribution in [1.29, 1.82) is 0 Å². The number of alkyl halides is 2. The van der Waals surface area contributed by atoms with Crippen molar-refractivity contribution in [3.8, 4) is 0 Å². The molecule has 1 rings (SSSR count). The van der Waals surface area contributed by atoms with Gasteiger partial charge in [-0.2, -0.15) is 0 Å². The molecule has 0 bridgehead atoms. The average molecular weight is 226 g/mol. The van der Waals surface area contributed by atoms with Crippen LogP contribution in [0.2, 0.25) is 0 Å². The molecule has 0 atom stereocenters. The zero-order valence-electron chi connectivity index (χ0n) is 9.12. The topological polar surface area (TPSA) is 21.6 Å². The summed E-state index contributed by atoms with van der Waals surface area (Å²) in [5.41, 5.74) is 0.461. The summed E-state index contributed by atoms with van der Waals surface area (Å²) in [5.74, 6) is 0. The zero-order valence-corrected chi connectivity index (χ0v) is 9.12. The van der Waals surface area contributed by atoms with E-state index in [1.54, 1.807) is 12.1 Å². The molecule has 0 amide bonds. The van der Waals surface area contributed by atoms with Crippen molar-refractivity contribution in [3.63, 3.8) is 0 Å². The molecule has 1 aromatic carbocycles. The summed E-state index contributed by atoms with van der Waals surface area (Å²) in [7, 11) is 0. The van der Waals surface area contributed by atoms with Gasteiger partial charge in [-0.3, -0.25) is 0 Å². The molecule has 1 aromatic rings. The quantitative estimate of drug-likeness (QED) is 0.412. The summed E-state index contributed by atoms with van der Waals surface area (Å²) in [6.07, 6.45) is 2.04. The van der Waals surface area contributed by atoms with E-state index < -0.39 is 6.43 Å². The maximum absolute atomic E-state index is 12.3. The van der Waals surface area contributed by atoms with Gasteiger partial charge in [0.15, 0.2) is 0 Å². The molecule has 0 aromatic heterocycles. The number of unbranched alkanes of at least 4 members (excludes halogenated alkanes) is 1. The second kappa shape index (κ2) is 6.93. The van der Waals surface area contributed by atoms with Crippen LogP contribution in [0.15, 0.2) is 29.4 Å². The third-order valence-electron chi connectivity index (χ3n) is 1.97. The minimum absolute atomic E-state index is 0.0336. The van der Waals surface area contributed by atoms with Gasteiger partial charge in [-0.15, -0.1) is 0 Å². The first kappa shape index (κ1) is 12.6. The van der Waals surface area contributed by atoms with Crippen LogP contribution in [0.25, 0.3) is 0 Å². The number of nitrogens with zero attached hydrogens (tertiary/aromatic N) is 1. The van der Waals surface area contributed by atoms with Crippen LogP contribution < -0.4 is 0 Å². The largest absolute Gasteiger partial charge is 0.395 e. The van der Waals surface area contributed by atoms with E-state index in [2.05, 4.69) is 11.4 Å². The second-order valence-corrected chi connectivity index (χ2v) is 3.32. The maximum Gasteiger partial charge on any atom is 0.263 e. The fraction of sp³-hybridized carbons (Fsp3) is 0.417. The number of hydrogen-bond donors (Lipinski definition) is 0. The van der Waals surface area contributed by atoms with Crippen molar-refractivity contribution in [2.75, 3.05) is 6.61 Å². The Kier molecular flexibility index (Phi) is 5.46. The highest BCUT2D eigenvalue weighted by atomic mass is 19.3. The molecule has 87 valence electrons. The summed E-state index contributed by atoms with van der Waals surface area (Å²) in [6.45, 7) is 2.57. The molecule has 0 spiro atoms. The first-order valence-corrected chi connectivity index (χ1v) is 5.20. The van der Waals surface area contributed by atoms with Crippen molar-refractivity contribution in [2.45, 2.75) is 26.2 Å². The Labute approximate surface area is 93.9 Å². The molecule has 0 saturated carbocycles. The zero-order chi connectivity index (χ0) is 11.8. The summed E-state index contributed by atoms with van der Waals surface area (Å²) >= 11 is 0. The molecule has 16 heavy (non-hydrogen) atoms. The van der Waals surface area contributed by atoms with Gasteiger partial charge in [-0.1, -0.05) is 36.7 Å². The van der Waals surface area contributed by atoms with Gasteiger partial charge in [0.05, 0.1) is 0 Å². The van der Waals surface area contributed by atoms with Crippen LogP contribution in [0.4, 0.5) is 8.78 Å². The molecular formula is C12H14F2NO. The van der Waals surface area contributed by atoms with Crippen LogP contribution in [0.1, 0.15) is 37.3 Å². The van der Waals surface area contributed by atoms with E-state index in [1.165, 1.54) is 12.1 Å². The van der Waals surface area contributed by atoms with Gasteiger partial charge in [0.1, 0.15) is 12.8 Å². The SMILES string of the molecule is CCCCO/N=[C]\c1cccc(C(F)F)c1. The van der Waals surface area contributed by atoms with Crippen LogP contribution in [0.3, 0.4) is 0 Å². The van der Waals surface area contributed by atoms with E-state index in [-0.39, 0.29) is 5.56 Å². The van der Waals surface area contributed by atoms with Crippen molar-refractivity contribution >= 4 is 6.21 Å². The number of hydrogen-bond acceptors (Lipinski definition) is 2. The van der Waals surface area contributed by atoms with Crippen LogP contribution in [0, 0.1) is 0 Å². The first-order chi connectivity index (χ1) is 7.74. The summed E-state index contributed by atoms with van der Waals surface area (Å²) < 4.78 is 24.7. The predicted octanol–water partition coefficient (Wildman–Crippen LogP) is 3.65. The van der Waals surface area contributed by atoms with E-state index in [4.69, 9.17) is 4.84 Å². The fourth-order valence-electron chi connectivity index (χ4n) is 1.08. The highest BCUT2D eigenvalue weighted by molar-refractivity contribution is 5.79. The molecule has 0 saturated heterocycles. The van der Waals surface area contributed by atoms with Crippen LogP contribution in [-0.2, 0) is 4.84 Å². The molecule has 0 aliphatic heterocycles. The second-order valence-electron chi connectivity index (χ2n) is 3.32. The molecule has 0 fully saturated rings. The minimum Gasteiger partial charge on any atom is -0.395 e. The van der Waals surface area contributed by atoms with Gasteiger partial charge in [0, 0.05) is 11.1 Å². The summed E-state index contributed by atoms with van der Waals surface area (Å²) in [4.78, 5) is 4.90. The Morgan fingerprint density at radius 3 is 2.94 bits per heavy atom. The predicted molar refractivity (Wildman–Crippen MR) is 58.8 cm³/mol. The molecule has 0 aliphatic rings. The minimum atomic E-state index is -2.47. The molecule has 4 heteroatoms. The Morgan fingerprint density at radius 1 is 1.44 bits per heavy atom. The normalized spacial score (nSPS) is 11.2. The smallest absolute Gasteiger partial charge is 0.263 e. The average Bonchev–Trinajstić information content (AvgIpc) is 2.29. The standard InChI is InChI=1S/C12H14F2NO/c1-2-3-7-16-15-9-10-5-4-6-11(8-10)12(13)14/h4-6,8,12H,2-3,7H2,1H3. The first-order valence-electron chi connectivity index (χ1n) is 5.20. The van der Waals surface area contributed by atoms with Crippen LogP contribution >= 0.6 is 0 Å². The Bertz CT molecular complexity index is 340. The van der Waals surface area contributed by atoms with E-state index in [9.17, 15) is 8.78 Å². The number of rotatable bonds is 6. The van der Waals surface area contributed by atoms with Gasteiger partial charge in [-0.05, 0) is 12.5 Å². The van der Waals surface area contributed by atoms with E-state index in [0.29, 0.717) is 12.2 Å². The lowest BCUT2D eigenvalue weighted by Crippen LogP contribution is -1.90.